The van der Waals surface area contributed by atoms with E-state index in [0.29, 0.717) is 10.2 Å². The quantitative estimate of drug-likeness (QED) is 0.860. The minimum Gasteiger partial charge on any atom is -0.326 e. The number of nitrogens with one attached hydrogen (secondary N) is 1. The van der Waals surface area contributed by atoms with Crippen LogP contribution in [0.3, 0.4) is 0 Å². The third kappa shape index (κ3) is 3.10. The molecule has 1 aliphatic carbocycles. The van der Waals surface area contributed by atoms with Gasteiger partial charge in [0.2, 0.25) is 5.91 Å². The van der Waals surface area contributed by atoms with Crippen molar-refractivity contribution in [3.8, 4) is 0 Å². The molecule has 98 valence electrons. The summed E-state index contributed by atoms with van der Waals surface area (Å²) in [6.07, 6.45) is 5.42. The van der Waals surface area contributed by atoms with E-state index >= 15 is 0 Å². The van der Waals surface area contributed by atoms with Gasteiger partial charge in [0.05, 0.1) is 4.47 Å². The predicted molar refractivity (Wildman–Crippen MR) is 74.0 cm³/mol. The first-order valence-corrected chi connectivity index (χ1v) is 7.13. The molecular weight excluding hydrogens is 297 g/mol. The number of hydrogen-bond donors (Lipinski definition) is 1. The van der Waals surface area contributed by atoms with Crippen molar-refractivity contribution in [2.75, 3.05) is 5.32 Å². The first-order chi connectivity index (χ1) is 8.58. The Morgan fingerprint density at radius 1 is 1.33 bits per heavy atom. The normalized spacial score (nSPS) is 16.6. The minimum atomic E-state index is -0.303. The molecule has 1 amide bonds. The van der Waals surface area contributed by atoms with Crippen LogP contribution >= 0.6 is 15.9 Å². The maximum atomic E-state index is 13.3. The summed E-state index contributed by atoms with van der Waals surface area (Å²) >= 11 is 3.14. The summed E-state index contributed by atoms with van der Waals surface area (Å²) in [4.78, 5) is 12.1. The summed E-state index contributed by atoms with van der Waals surface area (Å²) < 4.78 is 13.7. The topological polar surface area (TPSA) is 29.1 Å². The van der Waals surface area contributed by atoms with Gasteiger partial charge in [0.25, 0.3) is 0 Å². The maximum Gasteiger partial charge on any atom is 0.227 e. The van der Waals surface area contributed by atoms with Gasteiger partial charge in [0.15, 0.2) is 0 Å². The van der Waals surface area contributed by atoms with Crippen LogP contribution in [-0.4, -0.2) is 5.91 Å². The summed E-state index contributed by atoms with van der Waals surface area (Å²) in [6, 6.07) is 3.06. The van der Waals surface area contributed by atoms with Crippen LogP contribution in [0.4, 0.5) is 10.1 Å². The average Bonchev–Trinajstić information content (AvgIpc) is 2.37. The number of aryl methyl sites for hydroxylation is 1. The molecule has 2 nitrogen and oxygen atoms in total. The largest absolute Gasteiger partial charge is 0.326 e. The number of anilines is 1. The van der Waals surface area contributed by atoms with Crippen LogP contribution in [0.5, 0.6) is 0 Å². The molecule has 18 heavy (non-hydrogen) atoms. The van der Waals surface area contributed by atoms with Crippen molar-refractivity contribution in [1.82, 2.24) is 0 Å². The molecule has 1 aromatic carbocycles. The van der Waals surface area contributed by atoms with Crippen molar-refractivity contribution in [2.24, 2.45) is 5.92 Å². The Labute approximate surface area is 115 Å². The van der Waals surface area contributed by atoms with E-state index < -0.39 is 0 Å². The van der Waals surface area contributed by atoms with Crippen molar-refractivity contribution < 1.29 is 9.18 Å². The standard InChI is InChI=1S/C14H17BrFNO/c1-9-7-12(16)11(15)8-13(9)17-14(18)10-5-3-2-4-6-10/h7-8,10H,2-6H2,1H3,(H,17,18). The van der Waals surface area contributed by atoms with Gasteiger partial charge in [-0.05, 0) is 53.4 Å². The lowest BCUT2D eigenvalue weighted by molar-refractivity contribution is -0.120. The second-order valence-electron chi connectivity index (χ2n) is 4.91. The van der Waals surface area contributed by atoms with E-state index in [2.05, 4.69) is 21.2 Å². The van der Waals surface area contributed by atoms with Crippen molar-refractivity contribution in [3.63, 3.8) is 0 Å². The molecule has 0 unspecified atom stereocenters. The molecule has 0 aromatic heterocycles. The number of benzene rings is 1. The number of halogens is 2. The van der Waals surface area contributed by atoms with Crippen molar-refractivity contribution >= 4 is 27.5 Å². The van der Waals surface area contributed by atoms with E-state index in [0.717, 1.165) is 31.2 Å². The smallest absolute Gasteiger partial charge is 0.227 e. The van der Waals surface area contributed by atoms with Crippen molar-refractivity contribution in [2.45, 2.75) is 39.0 Å². The van der Waals surface area contributed by atoms with Crippen LogP contribution < -0.4 is 5.32 Å². The molecule has 0 heterocycles. The van der Waals surface area contributed by atoms with Crippen molar-refractivity contribution in [1.29, 1.82) is 0 Å². The molecule has 1 aliphatic rings. The lowest BCUT2D eigenvalue weighted by Crippen LogP contribution is -2.25. The summed E-state index contributed by atoms with van der Waals surface area (Å²) in [5.41, 5.74) is 1.44. The van der Waals surface area contributed by atoms with Gasteiger partial charge in [-0.25, -0.2) is 4.39 Å². The summed E-state index contributed by atoms with van der Waals surface area (Å²) in [6.45, 7) is 1.80. The van der Waals surface area contributed by atoms with Crippen LogP contribution in [0.1, 0.15) is 37.7 Å². The first kappa shape index (κ1) is 13.5. The fraction of sp³-hybridized carbons (Fsp3) is 0.500. The van der Waals surface area contributed by atoms with Crippen LogP contribution in [0.2, 0.25) is 0 Å². The van der Waals surface area contributed by atoms with Crippen LogP contribution in [0.25, 0.3) is 0 Å². The number of rotatable bonds is 2. The Morgan fingerprint density at radius 2 is 2.00 bits per heavy atom. The van der Waals surface area contributed by atoms with E-state index in [4.69, 9.17) is 0 Å². The SMILES string of the molecule is Cc1cc(F)c(Br)cc1NC(=O)C1CCCCC1. The molecule has 1 N–H and O–H groups in total. The number of amides is 1. The minimum absolute atomic E-state index is 0.0660. The van der Waals surface area contributed by atoms with Gasteiger partial charge in [-0.1, -0.05) is 19.3 Å². The lowest BCUT2D eigenvalue weighted by Gasteiger charge is -2.21. The third-order valence-corrected chi connectivity index (χ3v) is 4.11. The maximum absolute atomic E-state index is 13.3. The van der Waals surface area contributed by atoms with E-state index in [9.17, 15) is 9.18 Å². The van der Waals surface area contributed by atoms with E-state index in [1.54, 1.807) is 13.0 Å². The van der Waals surface area contributed by atoms with Gasteiger partial charge in [0.1, 0.15) is 5.82 Å². The van der Waals surface area contributed by atoms with Crippen LogP contribution in [0.15, 0.2) is 16.6 Å². The molecule has 1 fully saturated rings. The zero-order chi connectivity index (χ0) is 13.1. The second kappa shape index (κ2) is 5.83. The van der Waals surface area contributed by atoms with Gasteiger partial charge >= 0.3 is 0 Å². The van der Waals surface area contributed by atoms with Gasteiger partial charge in [-0.15, -0.1) is 0 Å². The summed E-state index contributed by atoms with van der Waals surface area (Å²) in [5, 5.41) is 2.91. The average molecular weight is 314 g/mol. The van der Waals surface area contributed by atoms with E-state index in [1.807, 2.05) is 0 Å². The Balaban J connectivity index is 2.08. The van der Waals surface area contributed by atoms with Crippen molar-refractivity contribution in [3.05, 3.63) is 28.0 Å². The zero-order valence-corrected chi connectivity index (χ0v) is 12.0. The fourth-order valence-corrected chi connectivity index (χ4v) is 2.72. The molecule has 0 radical (unpaired) electrons. The van der Waals surface area contributed by atoms with Gasteiger partial charge in [0, 0.05) is 11.6 Å². The molecule has 0 aliphatic heterocycles. The molecule has 1 aromatic rings. The highest BCUT2D eigenvalue weighted by atomic mass is 79.9. The molecule has 0 saturated heterocycles. The van der Waals surface area contributed by atoms with Gasteiger partial charge < -0.3 is 5.32 Å². The molecule has 1 saturated carbocycles. The Bertz CT molecular complexity index is 455. The Morgan fingerprint density at radius 3 is 2.67 bits per heavy atom. The van der Waals surface area contributed by atoms with E-state index in [1.165, 1.54) is 12.5 Å². The van der Waals surface area contributed by atoms with Crippen LogP contribution in [-0.2, 0) is 4.79 Å². The summed E-state index contributed by atoms with van der Waals surface area (Å²) in [7, 11) is 0. The van der Waals surface area contributed by atoms with Crippen LogP contribution in [0, 0.1) is 18.7 Å². The summed E-state index contributed by atoms with van der Waals surface area (Å²) in [5.74, 6) is -0.124. The fourth-order valence-electron chi connectivity index (χ4n) is 2.38. The number of carbonyl (C=O) groups excluding carboxylic acids is 1. The highest BCUT2D eigenvalue weighted by Crippen LogP contribution is 2.28. The van der Waals surface area contributed by atoms with Gasteiger partial charge in [-0.2, -0.15) is 0 Å². The molecule has 0 spiro atoms. The third-order valence-electron chi connectivity index (χ3n) is 3.50. The molecule has 2 rings (SSSR count). The molecule has 0 bridgehead atoms. The lowest BCUT2D eigenvalue weighted by atomic mass is 9.88. The highest BCUT2D eigenvalue weighted by Gasteiger charge is 2.21. The number of carbonyl (C=O) groups is 1. The highest BCUT2D eigenvalue weighted by molar-refractivity contribution is 9.10. The Hall–Kier alpha value is -0.900. The van der Waals surface area contributed by atoms with Gasteiger partial charge in [-0.3, -0.25) is 4.79 Å². The van der Waals surface area contributed by atoms with E-state index in [-0.39, 0.29) is 17.6 Å². The molecule has 4 heteroatoms. The second-order valence-corrected chi connectivity index (χ2v) is 5.76. The molecular formula is C14H17BrFNO. The molecule has 0 atom stereocenters. The predicted octanol–water partition coefficient (Wildman–Crippen LogP) is 4.42. The number of hydrogen-bond acceptors (Lipinski definition) is 1. The Kier molecular flexibility index (Phi) is 4.38. The first-order valence-electron chi connectivity index (χ1n) is 6.34. The monoisotopic (exact) mass is 313 g/mol. The zero-order valence-electron chi connectivity index (χ0n) is 10.4.